The average Bonchev–Trinajstić information content (AvgIpc) is 3.05. The first-order valence-electron chi connectivity index (χ1n) is 9.82. The van der Waals surface area contributed by atoms with Gasteiger partial charge in [0.25, 0.3) is 6.08 Å². The lowest BCUT2D eigenvalue weighted by Crippen LogP contribution is -2.40. The normalized spacial score (nSPS) is 11.5. The molecule has 0 unspecified atom stereocenters. The van der Waals surface area contributed by atoms with Crippen molar-refractivity contribution in [2.24, 2.45) is 0 Å². The molecule has 29 heavy (non-hydrogen) atoms. The second-order valence-electron chi connectivity index (χ2n) is 7.05. The summed E-state index contributed by atoms with van der Waals surface area (Å²) < 4.78 is 17.0. The van der Waals surface area contributed by atoms with Gasteiger partial charge < -0.3 is 5.11 Å². The molecule has 1 heterocycles. The number of halogens is 1. The highest BCUT2D eigenvalue weighted by molar-refractivity contribution is 5.52. The Morgan fingerprint density at radius 2 is 1.21 bits per heavy atom. The Morgan fingerprint density at radius 3 is 1.59 bits per heavy atom. The van der Waals surface area contributed by atoms with Gasteiger partial charge in [-0.3, -0.25) is 4.57 Å². The predicted molar refractivity (Wildman–Crippen MR) is 112 cm³/mol. The molecule has 0 fully saturated rings. The zero-order valence-corrected chi connectivity index (χ0v) is 16.3. The lowest BCUT2D eigenvalue weighted by Gasteiger charge is -2.38. The number of hydrogen-bond donors (Lipinski definition) is 1. The van der Waals surface area contributed by atoms with E-state index in [1.54, 1.807) is 4.57 Å². The van der Waals surface area contributed by atoms with Gasteiger partial charge in [-0.2, -0.15) is 9.37 Å². The van der Waals surface area contributed by atoms with Crippen molar-refractivity contribution >= 4 is 0 Å². The molecular formula is C25H23FN2O. The van der Waals surface area contributed by atoms with Gasteiger partial charge >= 0.3 is 0 Å². The van der Waals surface area contributed by atoms with Crippen molar-refractivity contribution in [1.82, 2.24) is 9.55 Å². The molecule has 3 nitrogen and oxygen atoms in total. The quantitative estimate of drug-likeness (QED) is 0.443. The van der Waals surface area contributed by atoms with E-state index in [0.717, 1.165) is 23.1 Å². The maximum atomic E-state index is 15.4. The molecule has 0 bridgehead atoms. The molecule has 0 saturated heterocycles. The van der Waals surface area contributed by atoms with Crippen molar-refractivity contribution in [2.45, 2.75) is 25.3 Å². The summed E-state index contributed by atoms with van der Waals surface area (Å²) in [5, 5.41) is 10.5. The van der Waals surface area contributed by atoms with E-state index in [2.05, 4.69) is 4.98 Å². The van der Waals surface area contributed by atoms with Gasteiger partial charge in [0, 0.05) is 0 Å². The molecule has 0 aliphatic rings. The van der Waals surface area contributed by atoms with Gasteiger partial charge in [-0.05, 0) is 23.1 Å². The summed E-state index contributed by atoms with van der Waals surface area (Å²) in [6.45, 7) is 2.00. The number of imidazole rings is 1. The molecule has 0 amide bonds. The lowest BCUT2D eigenvalue weighted by molar-refractivity contribution is 0.386. The first-order chi connectivity index (χ1) is 14.2. The maximum Gasteiger partial charge on any atom is 0.294 e. The van der Waals surface area contributed by atoms with Crippen LogP contribution in [0.5, 0.6) is 5.88 Å². The van der Waals surface area contributed by atoms with E-state index >= 15 is 4.39 Å². The minimum absolute atomic E-state index is 0.253. The van der Waals surface area contributed by atoms with Crippen LogP contribution in [0.1, 0.15) is 35.7 Å². The minimum atomic E-state index is -1.01. The van der Waals surface area contributed by atoms with Crippen LogP contribution in [0.15, 0.2) is 91.0 Å². The van der Waals surface area contributed by atoms with Crippen molar-refractivity contribution < 1.29 is 9.50 Å². The third-order valence-corrected chi connectivity index (χ3v) is 5.31. The number of hydrogen-bond acceptors (Lipinski definition) is 2. The second kappa shape index (κ2) is 7.92. The molecular weight excluding hydrogens is 363 g/mol. The molecule has 3 aromatic carbocycles. The molecule has 4 aromatic rings. The summed E-state index contributed by atoms with van der Waals surface area (Å²) >= 11 is 0. The molecule has 1 N–H and O–H groups in total. The molecule has 0 aliphatic carbocycles. The third-order valence-electron chi connectivity index (χ3n) is 5.31. The summed E-state index contributed by atoms with van der Waals surface area (Å²) in [5.74, 6) is -0.253. The van der Waals surface area contributed by atoms with Crippen molar-refractivity contribution in [3.8, 4) is 5.88 Å². The van der Waals surface area contributed by atoms with Gasteiger partial charge in [0.15, 0.2) is 0 Å². The molecule has 4 heteroatoms. The predicted octanol–water partition coefficient (Wildman–Crippen LogP) is 5.52. The standard InChI is InChI=1S/C25H23FN2O/c1-2-12-22-23(29)27-24(26)28(22)25(19-13-6-3-7-14-19,20-15-8-4-9-16-20)21-17-10-5-11-18-21/h3-11,13-18,29H,2,12H2,1H3. The largest absolute Gasteiger partial charge is 0.492 e. The molecule has 0 atom stereocenters. The Labute approximate surface area is 170 Å². The molecule has 0 aliphatic heterocycles. The lowest BCUT2D eigenvalue weighted by atomic mass is 9.76. The Kier molecular flexibility index (Phi) is 5.17. The van der Waals surface area contributed by atoms with Crippen molar-refractivity contribution in [3.05, 3.63) is 119 Å². The topological polar surface area (TPSA) is 38.1 Å². The monoisotopic (exact) mass is 386 g/mol. The van der Waals surface area contributed by atoms with Crippen LogP contribution in [-0.2, 0) is 12.0 Å². The Bertz CT molecular complexity index is 979. The third kappa shape index (κ3) is 3.11. The SMILES string of the molecule is CCCc1c(O)nc(F)n1C(c1ccccc1)(c1ccccc1)c1ccccc1. The van der Waals surface area contributed by atoms with Gasteiger partial charge in [-0.25, -0.2) is 0 Å². The first kappa shape index (κ1) is 18.9. The summed E-state index contributed by atoms with van der Waals surface area (Å²) in [4.78, 5) is 3.82. The van der Waals surface area contributed by atoms with E-state index in [1.807, 2.05) is 97.9 Å². The fraction of sp³-hybridized carbons (Fsp3) is 0.160. The number of aromatic hydroxyl groups is 1. The average molecular weight is 386 g/mol. The number of aromatic nitrogens is 2. The van der Waals surface area contributed by atoms with E-state index < -0.39 is 11.6 Å². The van der Waals surface area contributed by atoms with Crippen LogP contribution >= 0.6 is 0 Å². The molecule has 0 spiro atoms. The highest BCUT2D eigenvalue weighted by atomic mass is 19.1. The van der Waals surface area contributed by atoms with Crippen molar-refractivity contribution in [2.75, 3.05) is 0 Å². The van der Waals surface area contributed by atoms with Crippen LogP contribution in [0.3, 0.4) is 0 Å². The highest BCUT2D eigenvalue weighted by Gasteiger charge is 2.42. The van der Waals surface area contributed by atoms with Crippen LogP contribution in [0.2, 0.25) is 0 Å². The smallest absolute Gasteiger partial charge is 0.294 e. The molecule has 4 rings (SSSR count). The van der Waals surface area contributed by atoms with E-state index in [1.165, 1.54) is 0 Å². The van der Waals surface area contributed by atoms with Crippen LogP contribution in [0, 0.1) is 6.08 Å². The summed E-state index contributed by atoms with van der Waals surface area (Å²) in [6, 6.07) is 29.5. The maximum absolute atomic E-state index is 15.4. The molecule has 1 aromatic heterocycles. The van der Waals surface area contributed by atoms with Crippen LogP contribution in [0.25, 0.3) is 0 Å². The van der Waals surface area contributed by atoms with Crippen LogP contribution in [-0.4, -0.2) is 14.7 Å². The Balaban J connectivity index is 2.19. The first-order valence-corrected chi connectivity index (χ1v) is 9.82. The van der Waals surface area contributed by atoms with E-state index in [0.29, 0.717) is 12.1 Å². The fourth-order valence-corrected chi connectivity index (χ4v) is 4.14. The van der Waals surface area contributed by atoms with Gasteiger partial charge in [0.2, 0.25) is 5.88 Å². The van der Waals surface area contributed by atoms with Gasteiger partial charge in [-0.15, -0.1) is 0 Å². The number of benzene rings is 3. The Hall–Kier alpha value is -3.40. The van der Waals surface area contributed by atoms with E-state index in [-0.39, 0.29) is 5.88 Å². The van der Waals surface area contributed by atoms with E-state index in [4.69, 9.17) is 0 Å². The van der Waals surface area contributed by atoms with E-state index in [9.17, 15) is 5.11 Å². The Morgan fingerprint density at radius 1 is 0.793 bits per heavy atom. The zero-order valence-electron chi connectivity index (χ0n) is 16.3. The van der Waals surface area contributed by atoms with Crippen LogP contribution in [0.4, 0.5) is 4.39 Å². The molecule has 0 radical (unpaired) electrons. The zero-order chi connectivity index (χ0) is 20.3. The van der Waals surface area contributed by atoms with Crippen molar-refractivity contribution in [1.29, 1.82) is 0 Å². The highest BCUT2D eigenvalue weighted by Crippen LogP contribution is 2.43. The fourth-order valence-electron chi connectivity index (χ4n) is 4.14. The van der Waals surface area contributed by atoms with Crippen LogP contribution < -0.4 is 0 Å². The number of rotatable bonds is 6. The van der Waals surface area contributed by atoms with Gasteiger partial charge in [0.05, 0.1) is 5.69 Å². The van der Waals surface area contributed by atoms with Gasteiger partial charge in [0.1, 0.15) is 5.54 Å². The van der Waals surface area contributed by atoms with Gasteiger partial charge in [-0.1, -0.05) is 104 Å². The van der Waals surface area contributed by atoms with Crippen molar-refractivity contribution in [3.63, 3.8) is 0 Å². The summed E-state index contributed by atoms with van der Waals surface area (Å²) in [6.07, 6.45) is 0.562. The summed E-state index contributed by atoms with van der Waals surface area (Å²) in [7, 11) is 0. The molecule has 146 valence electrons. The second-order valence-corrected chi connectivity index (χ2v) is 7.05. The minimum Gasteiger partial charge on any atom is -0.492 e. The number of nitrogens with zero attached hydrogens (tertiary/aromatic N) is 2. The summed E-state index contributed by atoms with van der Waals surface area (Å²) in [5.41, 5.74) is 2.16. The molecule has 0 saturated carbocycles.